The lowest BCUT2D eigenvalue weighted by Gasteiger charge is -2.30. The largest absolute Gasteiger partial charge is 0.394 e. The lowest BCUT2D eigenvalue weighted by molar-refractivity contribution is -0.137. The van der Waals surface area contributed by atoms with Crippen molar-refractivity contribution in [2.24, 2.45) is 58.4 Å². The molecule has 2 aromatic carbocycles. The molecule has 0 fully saturated rings. The van der Waals surface area contributed by atoms with Gasteiger partial charge in [0.15, 0.2) is 0 Å². The molecule has 0 saturated carbocycles. The molecule has 0 unspecified atom stereocenters. The average Bonchev–Trinajstić information content (AvgIpc) is 1.02. The third-order valence-corrected chi connectivity index (χ3v) is 23.1. The van der Waals surface area contributed by atoms with Crippen molar-refractivity contribution in [2.75, 3.05) is 50.8 Å². The summed E-state index contributed by atoms with van der Waals surface area (Å²) in [5, 5.41) is 53.5. The second kappa shape index (κ2) is 58.4. The average molecular weight is 1810 g/mol. The summed E-state index contributed by atoms with van der Waals surface area (Å²) in [4.78, 5) is 238. The van der Waals surface area contributed by atoms with Crippen molar-refractivity contribution in [3.63, 3.8) is 0 Å². The van der Waals surface area contributed by atoms with E-state index in [2.05, 4.69) is 85.1 Å². The highest BCUT2D eigenvalue weighted by molar-refractivity contribution is 7.99. The maximum atomic E-state index is 15.1. The molecule has 0 aliphatic carbocycles. The second-order valence-electron chi connectivity index (χ2n) is 33.8. The van der Waals surface area contributed by atoms with Crippen LogP contribution >= 0.6 is 23.5 Å². The second-order valence-corrected chi connectivity index (χ2v) is 35.8. The summed E-state index contributed by atoms with van der Waals surface area (Å²) in [6.07, 6.45) is 3.01. The molecule has 2 aromatic rings. The minimum absolute atomic E-state index is 0.000231. The van der Waals surface area contributed by atoms with Crippen molar-refractivity contribution < 1.29 is 86.6 Å². The molecule has 1 heterocycles. The maximum Gasteiger partial charge on any atom is 0.245 e. The number of aliphatic hydroxyl groups excluding tert-OH is 1. The van der Waals surface area contributed by atoms with Crippen molar-refractivity contribution in [3.8, 4) is 0 Å². The molecule has 0 radical (unpaired) electrons. The number of primary amides is 1. The molecule has 706 valence electrons. The minimum atomic E-state index is -1.78. The van der Waals surface area contributed by atoms with Gasteiger partial charge in [-0.25, -0.2) is 0 Å². The van der Waals surface area contributed by atoms with Crippen LogP contribution in [-0.4, -0.2) is 241 Å². The first-order chi connectivity index (χ1) is 59.6. The Bertz CT molecular complexity index is 3900. The van der Waals surface area contributed by atoms with Gasteiger partial charge in [-0.2, -0.15) is 23.5 Å². The van der Waals surface area contributed by atoms with Crippen molar-refractivity contribution in [1.82, 2.24) is 85.1 Å². The number of benzene rings is 2. The number of rotatable bonds is 48. The summed E-state index contributed by atoms with van der Waals surface area (Å²) in [7, 11) is 0. The zero-order valence-corrected chi connectivity index (χ0v) is 77.2. The molecule has 126 heavy (non-hydrogen) atoms. The fraction of sp³-hybridized carbons (Fsp3) is 0.663. The third-order valence-electron chi connectivity index (χ3n) is 20.9. The molecule has 0 saturated heterocycles. The molecule has 0 aromatic heterocycles. The molecule has 15 atom stereocenters. The van der Waals surface area contributed by atoms with Gasteiger partial charge in [0.25, 0.3) is 0 Å². The number of hydrogen-bond acceptors (Lipinski definition) is 23. The number of carbonyl (C=O) groups is 17. The van der Waals surface area contributed by atoms with E-state index < -0.39 is 228 Å². The number of thioether (sulfide) groups is 2. The number of hydrogen-bond donors (Lipinski definition) is 21. The fourth-order valence-corrected chi connectivity index (χ4v) is 15.5. The molecule has 1 aliphatic heterocycles. The van der Waals surface area contributed by atoms with Crippen LogP contribution in [0, 0.1) is 35.5 Å². The Kier molecular flexibility index (Phi) is 51.0. The van der Waals surface area contributed by atoms with E-state index in [9.17, 15) is 81.8 Å². The number of amides is 17. The highest BCUT2D eigenvalue weighted by Crippen LogP contribution is 2.24. The van der Waals surface area contributed by atoms with Crippen molar-refractivity contribution in [1.29, 1.82) is 0 Å². The number of unbranched alkanes of at least 4 members (excludes halogenated alkanes) is 3. The number of nitrogens with one attached hydrogen (secondary N) is 16. The first kappa shape index (κ1) is 110. The molecular weight excluding hydrogens is 1670 g/mol. The summed E-state index contributed by atoms with van der Waals surface area (Å²) >= 11 is 2.40. The smallest absolute Gasteiger partial charge is 0.245 e. The number of fused-ring (bicyclic) bond motifs is 1. The van der Waals surface area contributed by atoms with E-state index in [1.807, 2.05) is 39.8 Å². The van der Waals surface area contributed by atoms with E-state index in [4.69, 9.17) is 22.9 Å². The molecular formula is C86H142N20O18S2. The predicted octanol–water partition coefficient (Wildman–Crippen LogP) is -1.56. The quantitative estimate of drug-likeness (QED) is 0.0333. The van der Waals surface area contributed by atoms with E-state index >= 15 is 4.79 Å². The lowest BCUT2D eigenvalue weighted by Crippen LogP contribution is -2.62. The van der Waals surface area contributed by atoms with Crippen LogP contribution in [0.3, 0.4) is 0 Å². The summed E-state index contributed by atoms with van der Waals surface area (Å²) < 4.78 is 0. The molecule has 0 spiro atoms. The van der Waals surface area contributed by atoms with Crippen LogP contribution in [0.1, 0.15) is 191 Å². The van der Waals surface area contributed by atoms with Gasteiger partial charge in [-0.05, 0) is 149 Å². The monoisotopic (exact) mass is 1810 g/mol. The van der Waals surface area contributed by atoms with E-state index in [1.165, 1.54) is 37.4 Å². The number of nitrogens with two attached hydrogens (primary N) is 4. The van der Waals surface area contributed by atoms with Crippen LogP contribution in [0.4, 0.5) is 0 Å². The van der Waals surface area contributed by atoms with E-state index in [-0.39, 0.29) is 93.0 Å². The van der Waals surface area contributed by atoms with Crippen LogP contribution in [0.5, 0.6) is 0 Å². The molecule has 3 rings (SSSR count). The van der Waals surface area contributed by atoms with Gasteiger partial charge in [-0.3, -0.25) is 81.5 Å². The number of carbonyl (C=O) groups excluding carboxylic acids is 17. The Balaban J connectivity index is 2.07. The van der Waals surface area contributed by atoms with Gasteiger partial charge in [0.1, 0.15) is 84.6 Å². The normalized spacial score (nSPS) is 18.6. The first-order valence-corrected chi connectivity index (χ1v) is 45.9. The highest BCUT2D eigenvalue weighted by Gasteiger charge is 2.40. The topological polar surface area (TPSA) is 607 Å². The Morgan fingerprint density at radius 1 is 0.468 bits per heavy atom. The molecule has 1 aliphatic rings. The minimum Gasteiger partial charge on any atom is -0.394 e. The first-order valence-electron chi connectivity index (χ1n) is 43.6. The summed E-state index contributed by atoms with van der Waals surface area (Å²) in [5.74, 6) is -16.2. The van der Waals surface area contributed by atoms with E-state index in [0.717, 1.165) is 11.1 Å². The van der Waals surface area contributed by atoms with Gasteiger partial charge in [0.05, 0.1) is 19.7 Å². The van der Waals surface area contributed by atoms with Crippen molar-refractivity contribution in [3.05, 3.63) is 71.3 Å². The summed E-state index contributed by atoms with van der Waals surface area (Å²) in [6.45, 7) is 21.8. The lowest BCUT2D eigenvalue weighted by atomic mass is 9.95. The van der Waals surface area contributed by atoms with E-state index in [1.54, 1.807) is 97.9 Å². The van der Waals surface area contributed by atoms with Gasteiger partial charge in [0.2, 0.25) is 100 Å². The van der Waals surface area contributed by atoms with Crippen molar-refractivity contribution >= 4 is 124 Å². The van der Waals surface area contributed by atoms with Crippen LogP contribution in [0.15, 0.2) is 54.6 Å². The maximum absolute atomic E-state index is 15.1. The Morgan fingerprint density at radius 2 is 0.944 bits per heavy atom. The van der Waals surface area contributed by atoms with Gasteiger partial charge in [0, 0.05) is 36.4 Å². The van der Waals surface area contributed by atoms with Crippen LogP contribution in [0.25, 0.3) is 0 Å². The fourth-order valence-electron chi connectivity index (χ4n) is 13.3. The highest BCUT2D eigenvalue weighted by atomic mass is 32.2. The summed E-state index contributed by atoms with van der Waals surface area (Å²) in [5.41, 5.74) is 25.2. The molecule has 25 N–H and O–H groups in total. The predicted molar refractivity (Wildman–Crippen MR) is 481 cm³/mol. The van der Waals surface area contributed by atoms with Crippen LogP contribution in [-0.2, 0) is 99.4 Å². The molecule has 0 bridgehead atoms. The zero-order valence-electron chi connectivity index (χ0n) is 75.5. The van der Waals surface area contributed by atoms with Gasteiger partial charge in [-0.15, -0.1) is 0 Å². The molecule has 38 nitrogen and oxygen atoms in total. The summed E-state index contributed by atoms with van der Waals surface area (Å²) in [6, 6.07) is -3.08. The van der Waals surface area contributed by atoms with E-state index in [0.29, 0.717) is 50.5 Å². The van der Waals surface area contributed by atoms with Gasteiger partial charge < -0.3 is 113 Å². The third kappa shape index (κ3) is 40.3. The SMILES string of the molecule is CC[C@H](C)[C@H](NC(=O)[C@@H](NC(=O)[C@H](CO)NC(=O)[C@@H]1CSCc2ccccc2CSC[C@H](NC(=O)[C@@H](NC(=O)[C@H](C)NC(=O)[C@H](Cc2ccccc2)NC(=O)[C@H](CC(C)C)NC(=O)CNC(C)=O)C(C)C)C(=O)N[C@@H](CCCCN)C(=O)N[C@@H](CCCCN)C(=O)N[C@@H](C(C)C)C(=O)N1)C(C)C)C(=O)N[C@@H](CCCCN)C(=O)NCC(=O)N[C@@H](CC(C)C)C(N)=O. The van der Waals surface area contributed by atoms with Gasteiger partial charge in [-0.1, -0.05) is 144 Å². The Morgan fingerprint density at radius 3 is 1.48 bits per heavy atom. The zero-order chi connectivity index (χ0) is 94.4. The standard InChI is InChI=1S/C86H142N20O18S2/c1-15-52(12)72(86(124)98-58(31-21-24-34-87)75(113)92-41-68(110)94-61(73(90)111)37-47(2)3)106-85(123)71(51(10)11)105-80(118)64(42-107)100-82(120)66-46-126-44-57-30-20-19-29-56(57)43-125-45-65(81(119)97-59(32-22-25-35-88)76(114)96-60(33-23-26-36-89)77(115)104-70(50(8)9)84(122)102-66)101-83(121)69(49(6)7)103-74(112)53(13)93-78(116)63(39-55-27-17-16-18-28-55)99-79(117)62(38-48(4)5)95-67(109)40-91-54(14)108/h16-20,27-30,47-53,58-66,69-72,107H,15,21-26,31-46,87-89H2,1-14H3,(H2,90,111)(H,91,108)(H,92,113)(H,93,116)(H,94,110)(H,95,109)(H,96,114)(H,97,119)(H,98,124)(H,99,117)(H,100,120)(H,101,121)(H,102,122)(H,103,112)(H,104,115)(H,105,118)(H,106,123)/t52-,53-,58-,59-,60-,61-,62-,63-,64-,65-,66-,69-,70-,71-,72-/m0/s1. The number of aliphatic hydroxyl groups is 1. The van der Waals surface area contributed by atoms with Crippen LogP contribution in [0.2, 0.25) is 0 Å². The van der Waals surface area contributed by atoms with Crippen LogP contribution < -0.4 is 108 Å². The Labute approximate surface area is 748 Å². The van der Waals surface area contributed by atoms with Gasteiger partial charge >= 0.3 is 0 Å². The molecule has 17 amide bonds. The molecule has 40 heteroatoms. The Hall–Kier alpha value is -10.0. The van der Waals surface area contributed by atoms with Crippen molar-refractivity contribution in [2.45, 2.75) is 276 Å².